The van der Waals surface area contributed by atoms with Gasteiger partial charge < -0.3 is 68.4 Å². The number of amides is 8. The van der Waals surface area contributed by atoms with E-state index in [0.29, 0.717) is 59.2 Å². The van der Waals surface area contributed by atoms with E-state index < -0.39 is 42.1 Å². The van der Waals surface area contributed by atoms with Crippen LogP contribution in [0.4, 0.5) is 22.8 Å². The van der Waals surface area contributed by atoms with Crippen LogP contribution < -0.4 is 54.4 Å². The van der Waals surface area contributed by atoms with Gasteiger partial charge in [-0.15, -0.1) is 0 Å². The Bertz CT molecular complexity index is 2080. The predicted molar refractivity (Wildman–Crippen MR) is 259 cm³/mol. The van der Waals surface area contributed by atoms with Gasteiger partial charge in [-0.1, -0.05) is 84.9 Å². The molecule has 0 bridgehead atoms. The first-order valence-electron chi connectivity index (χ1n) is 22.9. The summed E-state index contributed by atoms with van der Waals surface area (Å²) < 4.78 is 47.9. The standard InChI is InChI=1S/C45H65N11O9.C2HF3O2/c46-20-8-25-63-27-29-65-30-28-64-26-24-50-39(58)19-18-38(57)49-22-23-52-45(62)56-43(47)51-21-7-13-37(41(59)53-31-33-14-16-34(17-15-33)32-54-44(48)61)55-42(60)40(35-9-3-1-4-10-35)36-11-5-2-6-12-36;3-2(4,5)1(6)7/h1-6,9-12,14-17,37,40H,7-8,13,18-32,46H2,(H,49,57)(H,50,58)(H,53,59)(H,55,60)(H3,48,54,61)(H4,47,51,52,56,62);(H,6,7)/t37-;/m1./s1. The fourth-order valence-electron chi connectivity index (χ4n) is 6.05. The number of nitrogens with two attached hydrogens (primary N) is 3. The molecule has 0 aromatic heterocycles. The number of hydrogen-bond donors (Lipinski definition) is 11. The molecule has 72 heavy (non-hydrogen) atoms. The van der Waals surface area contributed by atoms with E-state index in [2.05, 4.69) is 42.2 Å². The Balaban J connectivity index is 0.00000235. The average molecular weight is 1020 g/mol. The molecule has 25 heteroatoms. The third kappa shape index (κ3) is 28.3. The van der Waals surface area contributed by atoms with Crippen LogP contribution in [-0.2, 0) is 51.3 Å². The van der Waals surface area contributed by atoms with Crippen molar-refractivity contribution in [1.82, 2.24) is 37.2 Å². The number of benzene rings is 3. The number of carbonyl (C=O) groups excluding carboxylic acids is 6. The quantitative estimate of drug-likeness (QED) is 0.0246. The summed E-state index contributed by atoms with van der Waals surface area (Å²) in [4.78, 5) is 88.4. The molecule has 0 fully saturated rings. The number of rotatable bonds is 31. The predicted octanol–water partition coefficient (Wildman–Crippen LogP) is 1.23. The Morgan fingerprint density at radius 1 is 0.611 bits per heavy atom. The molecule has 8 amide bonds. The van der Waals surface area contributed by atoms with Crippen LogP contribution in [0.2, 0.25) is 0 Å². The van der Waals surface area contributed by atoms with E-state index in [9.17, 15) is 41.9 Å². The van der Waals surface area contributed by atoms with Crippen LogP contribution in [0.1, 0.15) is 60.3 Å². The van der Waals surface area contributed by atoms with Crippen molar-refractivity contribution in [3.8, 4) is 0 Å². The van der Waals surface area contributed by atoms with Gasteiger partial charge in [0.25, 0.3) is 0 Å². The second-order valence-corrected chi connectivity index (χ2v) is 15.3. The number of aliphatic imine (C=N–C) groups is 1. The molecule has 0 aliphatic rings. The lowest BCUT2D eigenvalue weighted by Gasteiger charge is -2.23. The molecule has 3 aromatic rings. The fourth-order valence-corrected chi connectivity index (χ4v) is 6.05. The van der Waals surface area contributed by atoms with E-state index in [1.54, 1.807) is 0 Å². The number of ether oxygens (including phenoxy) is 3. The van der Waals surface area contributed by atoms with Crippen molar-refractivity contribution in [2.75, 3.05) is 72.4 Å². The number of carboxylic acids is 1. The second-order valence-electron chi connectivity index (χ2n) is 15.3. The molecule has 0 aliphatic heterocycles. The summed E-state index contributed by atoms with van der Waals surface area (Å²) in [6, 6.07) is 23.6. The number of nitrogens with zero attached hydrogens (tertiary/aromatic N) is 1. The minimum absolute atomic E-state index is 0.00582. The number of primary amides is 1. The molecule has 3 rings (SSSR count). The minimum Gasteiger partial charge on any atom is -0.475 e. The highest BCUT2D eigenvalue weighted by atomic mass is 19.4. The Kier molecular flexibility index (Phi) is 30.1. The molecule has 0 spiro atoms. The first kappa shape index (κ1) is 60.8. The Hall–Kier alpha value is -7.35. The topological polar surface area (TPSA) is 342 Å². The molecular weight excluding hydrogens is 952 g/mol. The van der Waals surface area contributed by atoms with Gasteiger partial charge in [-0.2, -0.15) is 13.2 Å². The molecule has 0 radical (unpaired) electrons. The third-order valence-corrected chi connectivity index (χ3v) is 9.65. The lowest BCUT2D eigenvalue weighted by atomic mass is 9.90. The average Bonchev–Trinajstić information content (AvgIpc) is 3.35. The van der Waals surface area contributed by atoms with Crippen LogP contribution >= 0.6 is 0 Å². The van der Waals surface area contributed by atoms with Crippen LogP contribution in [0.15, 0.2) is 89.9 Å². The summed E-state index contributed by atoms with van der Waals surface area (Å²) in [6.07, 6.45) is -3.78. The monoisotopic (exact) mass is 1020 g/mol. The first-order chi connectivity index (χ1) is 34.5. The van der Waals surface area contributed by atoms with Gasteiger partial charge in [0.2, 0.25) is 23.6 Å². The number of carbonyl (C=O) groups is 7. The van der Waals surface area contributed by atoms with Gasteiger partial charge >= 0.3 is 24.2 Å². The summed E-state index contributed by atoms with van der Waals surface area (Å²) in [6.45, 7) is 4.33. The van der Waals surface area contributed by atoms with Gasteiger partial charge in [0, 0.05) is 58.7 Å². The van der Waals surface area contributed by atoms with Crippen molar-refractivity contribution >= 4 is 47.6 Å². The molecule has 0 saturated carbocycles. The zero-order valence-corrected chi connectivity index (χ0v) is 39.8. The lowest BCUT2D eigenvalue weighted by molar-refractivity contribution is -0.192. The van der Waals surface area contributed by atoms with E-state index in [-0.39, 0.29) is 75.7 Å². The Morgan fingerprint density at radius 2 is 1.10 bits per heavy atom. The van der Waals surface area contributed by atoms with Crippen LogP contribution in [0.25, 0.3) is 0 Å². The zero-order chi connectivity index (χ0) is 53.0. The zero-order valence-electron chi connectivity index (χ0n) is 39.8. The second kappa shape index (κ2) is 35.7. The fraction of sp³-hybridized carbons (Fsp3) is 0.447. The van der Waals surface area contributed by atoms with Crippen LogP contribution in [-0.4, -0.2) is 137 Å². The SMILES string of the molecule is NCCCOCCOCCOCCNC(=O)CCC(=O)NCCNC(=O)NC(N)=NCCC[C@@H](NC(=O)C(c1ccccc1)c1ccccc1)C(=O)NCc1ccc(CNC(N)=O)cc1.O=C(O)C(F)(F)F. The number of urea groups is 2. The normalized spacial score (nSPS) is 11.5. The van der Waals surface area contributed by atoms with Crippen LogP contribution in [0, 0.1) is 0 Å². The Morgan fingerprint density at radius 3 is 1.61 bits per heavy atom. The molecule has 0 saturated heterocycles. The van der Waals surface area contributed by atoms with Crippen molar-refractivity contribution < 1.29 is 66.1 Å². The molecule has 1 atom stereocenters. The van der Waals surface area contributed by atoms with Crippen molar-refractivity contribution in [3.05, 3.63) is 107 Å². The van der Waals surface area contributed by atoms with Crippen molar-refractivity contribution in [1.29, 1.82) is 0 Å². The number of guanidine groups is 1. The molecule has 14 N–H and O–H groups in total. The number of halogens is 3. The van der Waals surface area contributed by atoms with Crippen molar-refractivity contribution in [3.63, 3.8) is 0 Å². The molecule has 396 valence electrons. The maximum atomic E-state index is 14.0. The summed E-state index contributed by atoms with van der Waals surface area (Å²) in [7, 11) is 0. The maximum absolute atomic E-state index is 14.0. The van der Waals surface area contributed by atoms with E-state index in [1.807, 2.05) is 84.9 Å². The van der Waals surface area contributed by atoms with E-state index >= 15 is 0 Å². The van der Waals surface area contributed by atoms with Gasteiger partial charge in [0.1, 0.15) is 6.04 Å². The number of hydrogen-bond acceptors (Lipinski definition) is 12. The summed E-state index contributed by atoms with van der Waals surface area (Å²) in [5.41, 5.74) is 19.7. The first-order valence-corrected chi connectivity index (χ1v) is 22.9. The smallest absolute Gasteiger partial charge is 0.475 e. The summed E-state index contributed by atoms with van der Waals surface area (Å²) in [5, 5.41) is 25.8. The molecular formula is C47H66F3N11O11. The number of alkyl halides is 3. The molecule has 0 aliphatic carbocycles. The highest BCUT2D eigenvalue weighted by Gasteiger charge is 2.38. The van der Waals surface area contributed by atoms with Gasteiger partial charge in [-0.25, -0.2) is 14.4 Å². The third-order valence-electron chi connectivity index (χ3n) is 9.65. The molecule has 22 nitrogen and oxygen atoms in total. The lowest BCUT2D eigenvalue weighted by Crippen LogP contribution is -2.48. The number of carboxylic acid groups (broad SMARTS) is 1. The van der Waals surface area contributed by atoms with E-state index in [0.717, 1.165) is 28.7 Å². The molecule has 3 aromatic carbocycles. The minimum atomic E-state index is -5.08. The van der Waals surface area contributed by atoms with Gasteiger partial charge in [-0.05, 0) is 48.1 Å². The van der Waals surface area contributed by atoms with Gasteiger partial charge in [-0.3, -0.25) is 29.5 Å². The summed E-state index contributed by atoms with van der Waals surface area (Å²) >= 11 is 0. The Labute approximate surface area is 415 Å². The van der Waals surface area contributed by atoms with Crippen molar-refractivity contribution in [2.45, 2.75) is 63.3 Å². The van der Waals surface area contributed by atoms with E-state index in [1.165, 1.54) is 0 Å². The van der Waals surface area contributed by atoms with Crippen molar-refractivity contribution in [2.24, 2.45) is 22.2 Å². The summed E-state index contributed by atoms with van der Waals surface area (Å²) in [5.74, 6) is -5.00. The number of aliphatic carboxylic acids is 1. The molecule has 0 unspecified atom stereocenters. The van der Waals surface area contributed by atoms with Crippen LogP contribution in [0.5, 0.6) is 0 Å². The van der Waals surface area contributed by atoms with E-state index in [4.69, 9.17) is 41.3 Å². The van der Waals surface area contributed by atoms with Gasteiger partial charge in [0.15, 0.2) is 5.96 Å². The highest BCUT2D eigenvalue weighted by molar-refractivity contribution is 5.95. The van der Waals surface area contributed by atoms with Crippen LogP contribution in [0.3, 0.4) is 0 Å². The molecule has 0 heterocycles. The maximum Gasteiger partial charge on any atom is 0.490 e. The largest absolute Gasteiger partial charge is 0.490 e. The highest BCUT2D eigenvalue weighted by Crippen LogP contribution is 2.25. The van der Waals surface area contributed by atoms with Gasteiger partial charge in [0.05, 0.1) is 39.0 Å². The number of nitrogens with one attached hydrogen (secondary N) is 7.